The second-order valence-corrected chi connectivity index (χ2v) is 7.17. The molecule has 5 heteroatoms. The third-order valence-corrected chi connectivity index (χ3v) is 5.60. The van der Waals surface area contributed by atoms with Gasteiger partial charge in [-0.3, -0.25) is 9.69 Å². The molecule has 0 aliphatic carbocycles. The van der Waals surface area contributed by atoms with Crippen LogP contribution in [0.25, 0.3) is 0 Å². The van der Waals surface area contributed by atoms with Crippen molar-refractivity contribution in [3.05, 3.63) is 54.1 Å². The molecule has 0 saturated carbocycles. The summed E-state index contributed by atoms with van der Waals surface area (Å²) < 4.78 is 2.08. The number of piperidine rings is 1. The van der Waals surface area contributed by atoms with Gasteiger partial charge in [-0.25, -0.2) is 4.98 Å². The van der Waals surface area contributed by atoms with E-state index >= 15 is 0 Å². The van der Waals surface area contributed by atoms with Gasteiger partial charge in [0.2, 0.25) is 5.91 Å². The molecular weight excluding hydrogens is 300 g/mol. The van der Waals surface area contributed by atoms with Crippen LogP contribution in [0.3, 0.4) is 0 Å². The maximum Gasteiger partial charge on any atom is 0.228 e. The van der Waals surface area contributed by atoms with Crippen molar-refractivity contribution in [3.8, 4) is 0 Å². The van der Waals surface area contributed by atoms with Gasteiger partial charge in [0.25, 0.3) is 0 Å². The Morgan fingerprint density at radius 3 is 2.67 bits per heavy atom. The smallest absolute Gasteiger partial charge is 0.228 e. The van der Waals surface area contributed by atoms with E-state index in [0.717, 1.165) is 50.3 Å². The average Bonchev–Trinajstić information content (AvgIpc) is 3.14. The van der Waals surface area contributed by atoms with E-state index in [1.54, 1.807) is 0 Å². The fraction of sp³-hybridized carbons (Fsp3) is 0.474. The number of amides is 1. The van der Waals surface area contributed by atoms with E-state index in [-0.39, 0.29) is 17.4 Å². The Bertz CT molecular complexity index is 716. The van der Waals surface area contributed by atoms with Crippen molar-refractivity contribution in [2.75, 3.05) is 13.1 Å². The maximum absolute atomic E-state index is 12.5. The highest BCUT2D eigenvalue weighted by Crippen LogP contribution is 2.39. The molecule has 2 aliphatic heterocycles. The van der Waals surface area contributed by atoms with Crippen LogP contribution in [0.15, 0.2) is 42.7 Å². The van der Waals surface area contributed by atoms with Gasteiger partial charge < -0.3 is 9.88 Å². The molecule has 126 valence electrons. The van der Waals surface area contributed by atoms with E-state index in [4.69, 9.17) is 0 Å². The summed E-state index contributed by atoms with van der Waals surface area (Å²) in [4.78, 5) is 19.3. The van der Waals surface area contributed by atoms with Crippen LogP contribution in [0.2, 0.25) is 0 Å². The predicted octanol–water partition coefficient (Wildman–Crippen LogP) is 2.06. The van der Waals surface area contributed by atoms with Gasteiger partial charge in [-0.05, 0) is 24.8 Å². The molecule has 1 amide bonds. The monoisotopic (exact) mass is 324 g/mol. The van der Waals surface area contributed by atoms with Crippen LogP contribution in [-0.4, -0.2) is 39.0 Å². The van der Waals surface area contributed by atoms with Crippen molar-refractivity contribution in [1.29, 1.82) is 0 Å². The minimum Gasteiger partial charge on any atom is -0.350 e. The summed E-state index contributed by atoms with van der Waals surface area (Å²) in [6.07, 6.45) is 6.80. The molecule has 1 N–H and O–H groups in total. The van der Waals surface area contributed by atoms with Crippen LogP contribution in [0.4, 0.5) is 0 Å². The molecule has 2 fully saturated rings. The standard InChI is InChI=1S/C19H24N4O/c1-22-12-9-20-17(22)14-23-10-7-19(8-11-23)13-16(18(24)21-19)15-5-3-2-4-6-15/h2-6,9,12,16H,7-8,10-11,13-14H2,1H3,(H,21,24)/t16-/m1/s1. The molecule has 1 spiro atoms. The van der Waals surface area contributed by atoms with E-state index in [1.165, 1.54) is 0 Å². The Balaban J connectivity index is 1.40. The van der Waals surface area contributed by atoms with E-state index in [0.29, 0.717) is 0 Å². The largest absolute Gasteiger partial charge is 0.350 e. The Hall–Kier alpha value is -2.14. The zero-order valence-electron chi connectivity index (χ0n) is 14.1. The molecule has 4 rings (SSSR count). The highest BCUT2D eigenvalue weighted by molar-refractivity contribution is 5.87. The minimum atomic E-state index is -0.0181. The summed E-state index contributed by atoms with van der Waals surface area (Å²) in [5, 5.41) is 3.32. The van der Waals surface area contributed by atoms with E-state index in [9.17, 15) is 4.79 Å². The molecule has 3 heterocycles. The van der Waals surface area contributed by atoms with Crippen molar-refractivity contribution in [1.82, 2.24) is 19.8 Å². The van der Waals surface area contributed by atoms with Gasteiger partial charge in [-0.15, -0.1) is 0 Å². The lowest BCUT2D eigenvalue weighted by Crippen LogP contribution is -2.50. The Kier molecular flexibility index (Phi) is 3.88. The first kappa shape index (κ1) is 15.4. The number of imidazole rings is 1. The van der Waals surface area contributed by atoms with E-state index in [1.807, 2.05) is 37.6 Å². The topological polar surface area (TPSA) is 50.2 Å². The average molecular weight is 324 g/mol. The number of carbonyl (C=O) groups is 1. The summed E-state index contributed by atoms with van der Waals surface area (Å²) in [6.45, 7) is 2.90. The minimum absolute atomic E-state index is 0.00675. The highest BCUT2D eigenvalue weighted by Gasteiger charge is 2.46. The fourth-order valence-corrected chi connectivity index (χ4v) is 4.05. The molecule has 1 aromatic heterocycles. The summed E-state index contributed by atoms with van der Waals surface area (Å²) in [5.41, 5.74) is 1.12. The highest BCUT2D eigenvalue weighted by atomic mass is 16.2. The van der Waals surface area contributed by atoms with E-state index in [2.05, 4.69) is 31.9 Å². The van der Waals surface area contributed by atoms with Crippen molar-refractivity contribution in [2.24, 2.45) is 7.05 Å². The number of nitrogens with one attached hydrogen (secondary N) is 1. The lowest BCUT2D eigenvalue weighted by Gasteiger charge is -2.39. The molecule has 0 unspecified atom stereocenters. The summed E-state index contributed by atoms with van der Waals surface area (Å²) in [6, 6.07) is 10.2. The first-order valence-corrected chi connectivity index (χ1v) is 8.71. The van der Waals surface area contributed by atoms with Crippen molar-refractivity contribution < 1.29 is 4.79 Å². The molecule has 2 saturated heterocycles. The summed E-state index contributed by atoms with van der Waals surface area (Å²) >= 11 is 0. The molecule has 0 bridgehead atoms. The Labute approximate surface area is 142 Å². The number of nitrogens with zero attached hydrogens (tertiary/aromatic N) is 3. The lowest BCUT2D eigenvalue weighted by molar-refractivity contribution is -0.121. The van der Waals surface area contributed by atoms with Crippen LogP contribution in [0, 0.1) is 0 Å². The van der Waals surface area contributed by atoms with Crippen LogP contribution in [0.5, 0.6) is 0 Å². The molecule has 0 radical (unpaired) electrons. The Morgan fingerprint density at radius 1 is 1.25 bits per heavy atom. The number of aryl methyl sites for hydroxylation is 1. The number of likely N-dealkylation sites (tertiary alicyclic amines) is 1. The van der Waals surface area contributed by atoms with Gasteiger partial charge in [0.1, 0.15) is 5.82 Å². The summed E-state index contributed by atoms with van der Waals surface area (Å²) in [7, 11) is 2.04. The first-order valence-electron chi connectivity index (χ1n) is 8.71. The molecule has 2 aliphatic rings. The maximum atomic E-state index is 12.5. The third kappa shape index (κ3) is 2.84. The van der Waals surface area contributed by atoms with Gasteiger partial charge in [0.15, 0.2) is 0 Å². The van der Waals surface area contributed by atoms with Crippen LogP contribution < -0.4 is 5.32 Å². The number of hydrogen-bond donors (Lipinski definition) is 1. The molecule has 5 nitrogen and oxygen atoms in total. The molecule has 2 aromatic rings. The van der Waals surface area contributed by atoms with Gasteiger partial charge in [0.05, 0.1) is 12.5 Å². The van der Waals surface area contributed by atoms with Gasteiger partial charge in [-0.1, -0.05) is 30.3 Å². The second kappa shape index (κ2) is 6.06. The molecule has 1 atom stereocenters. The van der Waals surface area contributed by atoms with Gasteiger partial charge in [-0.2, -0.15) is 0 Å². The first-order chi connectivity index (χ1) is 11.7. The zero-order chi connectivity index (χ0) is 16.6. The lowest BCUT2D eigenvalue weighted by atomic mass is 9.82. The van der Waals surface area contributed by atoms with Crippen LogP contribution in [0.1, 0.15) is 36.6 Å². The molecule has 1 aromatic carbocycles. The number of aromatic nitrogens is 2. The second-order valence-electron chi connectivity index (χ2n) is 7.17. The SMILES string of the molecule is Cn1ccnc1CN1CCC2(CC1)C[C@H](c1ccccc1)C(=O)N2. The van der Waals surface area contributed by atoms with Crippen LogP contribution in [-0.2, 0) is 18.4 Å². The number of carbonyl (C=O) groups excluding carboxylic acids is 1. The van der Waals surface area contributed by atoms with Crippen molar-refractivity contribution >= 4 is 5.91 Å². The number of benzene rings is 1. The van der Waals surface area contributed by atoms with Gasteiger partial charge in [0, 0.05) is 38.1 Å². The third-order valence-electron chi connectivity index (χ3n) is 5.60. The quantitative estimate of drug-likeness (QED) is 0.940. The normalized spacial score (nSPS) is 23.5. The van der Waals surface area contributed by atoms with Crippen molar-refractivity contribution in [2.45, 2.75) is 37.3 Å². The van der Waals surface area contributed by atoms with Crippen LogP contribution >= 0.6 is 0 Å². The van der Waals surface area contributed by atoms with Crippen molar-refractivity contribution in [3.63, 3.8) is 0 Å². The number of hydrogen-bond acceptors (Lipinski definition) is 3. The number of rotatable bonds is 3. The Morgan fingerprint density at radius 2 is 2.00 bits per heavy atom. The predicted molar refractivity (Wildman–Crippen MR) is 92.4 cm³/mol. The summed E-state index contributed by atoms with van der Waals surface area (Å²) in [5.74, 6) is 1.30. The fourth-order valence-electron chi connectivity index (χ4n) is 4.05. The molecular formula is C19H24N4O. The van der Waals surface area contributed by atoms with Gasteiger partial charge >= 0.3 is 0 Å². The zero-order valence-corrected chi connectivity index (χ0v) is 14.1. The molecule has 24 heavy (non-hydrogen) atoms. The van der Waals surface area contributed by atoms with E-state index < -0.39 is 0 Å².